The van der Waals surface area contributed by atoms with Crippen molar-refractivity contribution in [3.63, 3.8) is 0 Å². The molecule has 0 bridgehead atoms. The summed E-state index contributed by atoms with van der Waals surface area (Å²) < 4.78 is 32.4. The molecule has 24 heavy (non-hydrogen) atoms. The summed E-state index contributed by atoms with van der Waals surface area (Å²) in [5.74, 6) is 0. The molecule has 0 aliphatic heterocycles. The molecule has 0 aromatic heterocycles. The highest BCUT2D eigenvalue weighted by Gasteiger charge is 2.36. The van der Waals surface area contributed by atoms with Crippen molar-refractivity contribution >= 4 is 33.6 Å². The zero-order chi connectivity index (χ0) is 17.9. The first kappa shape index (κ1) is 17.2. The first-order valence-corrected chi connectivity index (χ1v) is 7.82. The molecule has 0 aliphatic rings. The van der Waals surface area contributed by atoms with Crippen LogP contribution in [-0.2, 0) is 10.1 Å². The average Bonchev–Trinajstić information content (AvgIpc) is 2.51. The summed E-state index contributed by atoms with van der Waals surface area (Å²) in [6.07, 6.45) is 2.68. The molecule has 9 nitrogen and oxygen atoms in total. The lowest BCUT2D eigenvalue weighted by Gasteiger charge is -2.05. The van der Waals surface area contributed by atoms with E-state index in [2.05, 4.69) is 0 Å². The minimum absolute atomic E-state index is 0.237. The van der Waals surface area contributed by atoms with E-state index in [9.17, 15) is 33.2 Å². The quantitative estimate of drug-likeness (QED) is 0.378. The van der Waals surface area contributed by atoms with Crippen molar-refractivity contribution in [2.75, 3.05) is 0 Å². The van der Waals surface area contributed by atoms with Crippen molar-refractivity contribution in [1.82, 2.24) is 0 Å². The van der Waals surface area contributed by atoms with Gasteiger partial charge >= 0.3 is 21.5 Å². The fraction of sp³-hybridized carbons (Fsp3) is 0. The van der Waals surface area contributed by atoms with E-state index >= 15 is 0 Å². The molecule has 2 aromatic rings. The van der Waals surface area contributed by atoms with E-state index in [1.54, 1.807) is 30.3 Å². The van der Waals surface area contributed by atoms with Crippen LogP contribution in [0.2, 0.25) is 0 Å². The topological polar surface area (TPSA) is 141 Å². The van der Waals surface area contributed by atoms with Gasteiger partial charge in [-0.3, -0.25) is 24.8 Å². The Bertz CT molecular complexity index is 937. The molecule has 0 radical (unpaired) electrons. The number of hydrogen-bond acceptors (Lipinski definition) is 6. The molecule has 0 atom stereocenters. The van der Waals surface area contributed by atoms with Crippen LogP contribution < -0.4 is 0 Å². The van der Waals surface area contributed by atoms with E-state index in [0.717, 1.165) is 12.1 Å². The Morgan fingerprint density at radius 3 is 2.04 bits per heavy atom. The normalized spacial score (nSPS) is 11.5. The van der Waals surface area contributed by atoms with Gasteiger partial charge < -0.3 is 0 Å². The zero-order valence-corrected chi connectivity index (χ0v) is 12.7. The van der Waals surface area contributed by atoms with E-state index in [1.165, 1.54) is 12.2 Å². The zero-order valence-electron chi connectivity index (χ0n) is 11.9. The third-order valence-electron chi connectivity index (χ3n) is 3.03. The number of nitrogens with zero attached hydrogens (tertiary/aromatic N) is 2. The molecule has 0 amide bonds. The van der Waals surface area contributed by atoms with Crippen LogP contribution in [0.1, 0.15) is 11.1 Å². The van der Waals surface area contributed by atoms with Crippen LogP contribution in [0.3, 0.4) is 0 Å². The maximum absolute atomic E-state index is 11.6. The molecule has 0 saturated carbocycles. The Balaban J connectivity index is 2.73. The molecule has 0 spiro atoms. The monoisotopic (exact) mass is 350 g/mol. The standard InChI is InChI=1S/C14H10N2O7S/c17-15(18)12-9-8-11(7-6-10-4-2-1-3-5-10)14(24(21,22)23)13(12)16(19)20/h1-9H,(H,21,22,23). The third kappa shape index (κ3) is 3.62. The number of nitro benzene ring substituents is 2. The van der Waals surface area contributed by atoms with E-state index in [1.807, 2.05) is 0 Å². The van der Waals surface area contributed by atoms with Gasteiger partial charge in [0.1, 0.15) is 0 Å². The molecule has 1 N–H and O–H groups in total. The maximum atomic E-state index is 11.6. The largest absolute Gasteiger partial charge is 0.367 e. The van der Waals surface area contributed by atoms with Gasteiger partial charge in [0.25, 0.3) is 0 Å². The Morgan fingerprint density at radius 2 is 1.54 bits per heavy atom. The number of rotatable bonds is 5. The Labute approximate surface area is 135 Å². The highest BCUT2D eigenvalue weighted by atomic mass is 32.2. The van der Waals surface area contributed by atoms with Gasteiger partial charge in [-0.15, -0.1) is 0 Å². The molecular weight excluding hydrogens is 340 g/mol. The summed E-state index contributed by atoms with van der Waals surface area (Å²) in [7, 11) is -5.07. The number of nitro groups is 2. The Kier molecular flexibility index (Phi) is 4.71. The minimum Gasteiger partial charge on any atom is -0.282 e. The highest BCUT2D eigenvalue weighted by molar-refractivity contribution is 7.86. The number of benzene rings is 2. The first-order valence-electron chi connectivity index (χ1n) is 6.38. The van der Waals surface area contributed by atoms with Crippen molar-refractivity contribution < 1.29 is 22.8 Å². The van der Waals surface area contributed by atoms with Crippen LogP contribution in [0.15, 0.2) is 47.4 Å². The molecule has 0 heterocycles. The van der Waals surface area contributed by atoms with Crippen LogP contribution in [0.5, 0.6) is 0 Å². The van der Waals surface area contributed by atoms with Crippen molar-refractivity contribution in [1.29, 1.82) is 0 Å². The lowest BCUT2D eigenvalue weighted by molar-refractivity contribution is -0.424. The molecule has 10 heteroatoms. The molecule has 0 unspecified atom stereocenters. The van der Waals surface area contributed by atoms with Gasteiger partial charge in [-0.05, 0) is 11.6 Å². The van der Waals surface area contributed by atoms with Gasteiger partial charge in [-0.25, -0.2) is 0 Å². The van der Waals surface area contributed by atoms with E-state index in [-0.39, 0.29) is 5.56 Å². The van der Waals surface area contributed by atoms with Crippen LogP contribution >= 0.6 is 0 Å². The molecule has 0 fully saturated rings. The predicted molar refractivity (Wildman–Crippen MR) is 84.9 cm³/mol. The fourth-order valence-electron chi connectivity index (χ4n) is 2.05. The van der Waals surface area contributed by atoms with Gasteiger partial charge in [-0.2, -0.15) is 8.42 Å². The molecular formula is C14H10N2O7S. The first-order chi connectivity index (χ1) is 11.2. The summed E-state index contributed by atoms with van der Waals surface area (Å²) in [4.78, 5) is 18.6. The number of hydrogen-bond donors (Lipinski definition) is 1. The Morgan fingerprint density at radius 1 is 0.917 bits per heavy atom. The second kappa shape index (κ2) is 6.56. The van der Waals surface area contributed by atoms with Crippen LogP contribution in [0.25, 0.3) is 12.2 Å². The fourth-order valence-corrected chi connectivity index (χ4v) is 2.91. The Hall–Kier alpha value is -3.11. The van der Waals surface area contributed by atoms with Gasteiger partial charge in [-0.1, -0.05) is 42.5 Å². The smallest absolute Gasteiger partial charge is 0.282 e. The average molecular weight is 350 g/mol. The minimum atomic E-state index is -5.07. The second-order valence-electron chi connectivity index (χ2n) is 4.58. The van der Waals surface area contributed by atoms with Crippen molar-refractivity contribution in [3.8, 4) is 0 Å². The third-order valence-corrected chi connectivity index (χ3v) is 3.98. The summed E-state index contributed by atoms with van der Waals surface area (Å²) in [5.41, 5.74) is -1.87. The van der Waals surface area contributed by atoms with Crippen molar-refractivity contribution in [2.45, 2.75) is 4.90 Å². The van der Waals surface area contributed by atoms with Gasteiger partial charge in [0.15, 0.2) is 4.90 Å². The lowest BCUT2D eigenvalue weighted by Crippen LogP contribution is -2.08. The predicted octanol–water partition coefficient (Wildman–Crippen LogP) is 2.92. The highest BCUT2D eigenvalue weighted by Crippen LogP contribution is 2.36. The molecule has 2 rings (SSSR count). The molecule has 2 aromatic carbocycles. The van der Waals surface area contributed by atoms with Gasteiger partial charge in [0.2, 0.25) is 0 Å². The summed E-state index contributed by atoms with van der Waals surface area (Å²) in [5, 5.41) is 22.0. The summed E-state index contributed by atoms with van der Waals surface area (Å²) in [6, 6.07) is 10.4. The summed E-state index contributed by atoms with van der Waals surface area (Å²) >= 11 is 0. The van der Waals surface area contributed by atoms with E-state index < -0.39 is 36.2 Å². The van der Waals surface area contributed by atoms with Gasteiger partial charge in [0.05, 0.1) is 9.85 Å². The van der Waals surface area contributed by atoms with E-state index in [4.69, 9.17) is 0 Å². The SMILES string of the molecule is O=[N+]([O-])c1ccc(C=Cc2ccccc2)c(S(=O)(=O)O)c1[N+](=O)[O-]. The molecule has 0 aliphatic carbocycles. The van der Waals surface area contributed by atoms with Crippen LogP contribution in [0, 0.1) is 20.2 Å². The second-order valence-corrected chi connectivity index (χ2v) is 5.94. The van der Waals surface area contributed by atoms with Crippen molar-refractivity contribution in [2.24, 2.45) is 0 Å². The molecule has 124 valence electrons. The van der Waals surface area contributed by atoms with Crippen molar-refractivity contribution in [3.05, 3.63) is 73.8 Å². The van der Waals surface area contributed by atoms with Crippen LogP contribution in [-0.4, -0.2) is 22.8 Å². The molecule has 0 saturated heterocycles. The lowest BCUT2D eigenvalue weighted by atomic mass is 10.1. The van der Waals surface area contributed by atoms with E-state index in [0.29, 0.717) is 5.56 Å². The summed E-state index contributed by atoms with van der Waals surface area (Å²) in [6.45, 7) is 0. The van der Waals surface area contributed by atoms with Crippen LogP contribution in [0.4, 0.5) is 11.4 Å². The van der Waals surface area contributed by atoms with Gasteiger partial charge in [0, 0.05) is 11.6 Å². The maximum Gasteiger partial charge on any atom is 0.367 e.